The van der Waals surface area contributed by atoms with Crippen LogP contribution in [0, 0.1) is 20.8 Å². The van der Waals surface area contributed by atoms with Crippen LogP contribution in [0.3, 0.4) is 0 Å². The van der Waals surface area contributed by atoms with Crippen LogP contribution in [0.4, 0.5) is 17.5 Å². The number of hydrogen-bond donors (Lipinski definition) is 2. The lowest BCUT2D eigenvalue weighted by Gasteiger charge is -2.12. The van der Waals surface area contributed by atoms with Gasteiger partial charge < -0.3 is 10.6 Å². The van der Waals surface area contributed by atoms with Gasteiger partial charge in [0.15, 0.2) is 0 Å². The molecule has 0 saturated heterocycles. The molecule has 0 aliphatic carbocycles. The Morgan fingerprint density at radius 1 is 0.960 bits per heavy atom. The lowest BCUT2D eigenvalue weighted by atomic mass is 10.1. The molecule has 0 radical (unpaired) electrons. The van der Waals surface area contributed by atoms with E-state index < -0.39 is 0 Å². The minimum Gasteiger partial charge on any atom is -0.350 e. The molecule has 0 unspecified atom stereocenters. The van der Waals surface area contributed by atoms with Crippen molar-refractivity contribution in [2.75, 3.05) is 10.6 Å². The summed E-state index contributed by atoms with van der Waals surface area (Å²) in [5.41, 5.74) is 5.59. The quantitative estimate of drug-likeness (QED) is 0.595. The van der Waals surface area contributed by atoms with Crippen LogP contribution in [-0.2, 0) is 6.54 Å². The standard InChI is InChI=1S/C20H21BrN4/c1-13-8-9-18(17(21)10-13)24-19-11-15(3)23-20(25-19)22-12-16-7-5-4-6-14(16)2/h4-11H,12H2,1-3H3,(H2,22,23,24,25). The van der Waals surface area contributed by atoms with Crippen molar-refractivity contribution in [3.05, 3.63) is 75.4 Å². The third kappa shape index (κ3) is 4.57. The minimum atomic E-state index is 0.619. The molecule has 4 nitrogen and oxygen atoms in total. The second-order valence-corrected chi connectivity index (χ2v) is 6.96. The molecule has 3 rings (SSSR count). The maximum absolute atomic E-state index is 4.58. The molecule has 25 heavy (non-hydrogen) atoms. The molecule has 1 aromatic heterocycles. The maximum atomic E-state index is 4.58. The molecule has 128 valence electrons. The number of aromatic nitrogens is 2. The molecule has 1 heterocycles. The Labute approximate surface area is 156 Å². The summed E-state index contributed by atoms with van der Waals surface area (Å²) in [6, 6.07) is 16.4. The first kappa shape index (κ1) is 17.4. The highest BCUT2D eigenvalue weighted by atomic mass is 79.9. The molecule has 0 bridgehead atoms. The normalized spacial score (nSPS) is 10.6. The predicted octanol–water partition coefficient (Wildman–Crippen LogP) is 5.52. The molecule has 0 spiro atoms. The number of halogens is 1. The minimum absolute atomic E-state index is 0.619. The zero-order chi connectivity index (χ0) is 17.8. The molecule has 0 atom stereocenters. The van der Waals surface area contributed by atoms with Crippen molar-refractivity contribution in [2.45, 2.75) is 27.3 Å². The number of nitrogens with zero attached hydrogens (tertiary/aromatic N) is 2. The van der Waals surface area contributed by atoms with E-state index in [1.165, 1.54) is 16.7 Å². The summed E-state index contributed by atoms with van der Waals surface area (Å²) in [5.74, 6) is 1.39. The summed E-state index contributed by atoms with van der Waals surface area (Å²) in [5, 5.41) is 6.67. The second kappa shape index (κ2) is 7.66. The van der Waals surface area contributed by atoms with Gasteiger partial charge >= 0.3 is 0 Å². The third-order valence-corrected chi connectivity index (χ3v) is 4.60. The molecule has 0 aliphatic heterocycles. The van der Waals surface area contributed by atoms with Crippen molar-refractivity contribution in [3.63, 3.8) is 0 Å². The molecular formula is C20H21BrN4. The Bertz CT molecular complexity index is 893. The largest absolute Gasteiger partial charge is 0.350 e. The van der Waals surface area contributed by atoms with Gasteiger partial charge in [0.1, 0.15) is 5.82 Å². The first-order chi connectivity index (χ1) is 12.0. The highest BCUT2D eigenvalue weighted by Gasteiger charge is 2.06. The van der Waals surface area contributed by atoms with Gasteiger partial charge in [-0.25, -0.2) is 4.98 Å². The van der Waals surface area contributed by atoms with Crippen molar-refractivity contribution in [1.82, 2.24) is 9.97 Å². The van der Waals surface area contributed by atoms with E-state index in [1.54, 1.807) is 0 Å². The second-order valence-electron chi connectivity index (χ2n) is 6.11. The van der Waals surface area contributed by atoms with E-state index in [4.69, 9.17) is 0 Å². The number of rotatable bonds is 5. The summed E-state index contributed by atoms with van der Waals surface area (Å²) in [6.45, 7) is 6.84. The van der Waals surface area contributed by atoms with Crippen LogP contribution in [-0.4, -0.2) is 9.97 Å². The molecule has 0 aliphatic rings. The fraction of sp³-hybridized carbons (Fsp3) is 0.200. The SMILES string of the molecule is Cc1ccc(Nc2cc(C)nc(NCc3ccccc3C)n2)c(Br)c1. The van der Waals surface area contributed by atoms with Crippen LogP contribution in [0.5, 0.6) is 0 Å². The van der Waals surface area contributed by atoms with Gasteiger partial charge in [0, 0.05) is 22.8 Å². The van der Waals surface area contributed by atoms with Crippen LogP contribution in [0.25, 0.3) is 0 Å². The lowest BCUT2D eigenvalue weighted by Crippen LogP contribution is -2.07. The van der Waals surface area contributed by atoms with E-state index in [1.807, 2.05) is 31.2 Å². The average molecular weight is 397 g/mol. The van der Waals surface area contributed by atoms with Gasteiger partial charge in [-0.05, 0) is 65.5 Å². The first-order valence-corrected chi connectivity index (χ1v) is 8.98. The first-order valence-electron chi connectivity index (χ1n) is 8.18. The summed E-state index contributed by atoms with van der Waals surface area (Å²) >= 11 is 3.59. The molecule has 3 aromatic rings. The van der Waals surface area contributed by atoms with Crippen molar-refractivity contribution >= 4 is 33.4 Å². The highest BCUT2D eigenvalue weighted by molar-refractivity contribution is 9.10. The third-order valence-electron chi connectivity index (χ3n) is 3.94. The van der Waals surface area contributed by atoms with Gasteiger partial charge in [-0.15, -0.1) is 0 Å². The van der Waals surface area contributed by atoms with Crippen molar-refractivity contribution in [1.29, 1.82) is 0 Å². The van der Waals surface area contributed by atoms with Gasteiger partial charge in [-0.3, -0.25) is 0 Å². The van der Waals surface area contributed by atoms with Gasteiger partial charge in [-0.2, -0.15) is 4.98 Å². The summed E-state index contributed by atoms with van der Waals surface area (Å²) < 4.78 is 1.01. The monoisotopic (exact) mass is 396 g/mol. The zero-order valence-electron chi connectivity index (χ0n) is 14.6. The fourth-order valence-electron chi connectivity index (χ4n) is 2.55. The van der Waals surface area contributed by atoms with Crippen molar-refractivity contribution < 1.29 is 0 Å². The Balaban J connectivity index is 1.77. The number of nitrogens with one attached hydrogen (secondary N) is 2. The molecular weight excluding hydrogens is 376 g/mol. The van der Waals surface area contributed by atoms with Gasteiger partial charge in [0.25, 0.3) is 0 Å². The van der Waals surface area contributed by atoms with E-state index in [0.717, 1.165) is 21.7 Å². The molecule has 2 N–H and O–H groups in total. The number of benzene rings is 2. The van der Waals surface area contributed by atoms with Gasteiger partial charge in [-0.1, -0.05) is 30.3 Å². The highest BCUT2D eigenvalue weighted by Crippen LogP contribution is 2.26. The number of anilines is 3. The topological polar surface area (TPSA) is 49.8 Å². The van der Waals surface area contributed by atoms with Gasteiger partial charge in [0.05, 0.1) is 5.69 Å². The van der Waals surface area contributed by atoms with Crippen LogP contribution in [0.2, 0.25) is 0 Å². The Morgan fingerprint density at radius 3 is 2.52 bits per heavy atom. The van der Waals surface area contributed by atoms with Gasteiger partial charge in [0.2, 0.25) is 5.95 Å². The van der Waals surface area contributed by atoms with E-state index in [9.17, 15) is 0 Å². The molecule has 0 amide bonds. The van der Waals surface area contributed by atoms with E-state index >= 15 is 0 Å². The number of hydrogen-bond acceptors (Lipinski definition) is 4. The lowest BCUT2D eigenvalue weighted by molar-refractivity contribution is 1.02. The summed E-state index contributed by atoms with van der Waals surface area (Å²) in [6.07, 6.45) is 0. The van der Waals surface area contributed by atoms with E-state index in [0.29, 0.717) is 12.5 Å². The van der Waals surface area contributed by atoms with E-state index in [-0.39, 0.29) is 0 Å². The number of aryl methyl sites for hydroxylation is 3. The van der Waals surface area contributed by atoms with E-state index in [2.05, 4.69) is 74.6 Å². The molecule has 5 heteroatoms. The Hall–Kier alpha value is -2.40. The van der Waals surface area contributed by atoms with Crippen LogP contribution in [0.15, 0.2) is 53.0 Å². The van der Waals surface area contributed by atoms with Crippen molar-refractivity contribution in [2.24, 2.45) is 0 Å². The average Bonchev–Trinajstić information content (AvgIpc) is 2.56. The maximum Gasteiger partial charge on any atom is 0.225 e. The van der Waals surface area contributed by atoms with Crippen molar-refractivity contribution in [3.8, 4) is 0 Å². The molecule has 0 fully saturated rings. The van der Waals surface area contributed by atoms with Crippen LogP contribution in [0.1, 0.15) is 22.4 Å². The zero-order valence-corrected chi connectivity index (χ0v) is 16.2. The summed E-state index contributed by atoms with van der Waals surface area (Å²) in [7, 11) is 0. The fourth-order valence-corrected chi connectivity index (χ4v) is 3.15. The van der Waals surface area contributed by atoms with Crippen LogP contribution >= 0.6 is 15.9 Å². The Morgan fingerprint density at radius 2 is 1.76 bits per heavy atom. The summed E-state index contributed by atoms with van der Waals surface area (Å²) in [4.78, 5) is 9.07. The molecule has 2 aromatic carbocycles. The van der Waals surface area contributed by atoms with Crippen LogP contribution < -0.4 is 10.6 Å². The Kier molecular flexibility index (Phi) is 5.34. The smallest absolute Gasteiger partial charge is 0.225 e. The molecule has 0 saturated carbocycles. The predicted molar refractivity (Wildman–Crippen MR) is 107 cm³/mol.